The molecule has 2 heterocycles. The maximum Gasteiger partial charge on any atom is 0.302 e. The van der Waals surface area contributed by atoms with Crippen molar-refractivity contribution in [1.29, 1.82) is 0 Å². The fourth-order valence-electron chi connectivity index (χ4n) is 3.65. The van der Waals surface area contributed by atoms with Crippen LogP contribution in [0.5, 0.6) is 0 Å². The van der Waals surface area contributed by atoms with E-state index in [9.17, 15) is 4.79 Å². The van der Waals surface area contributed by atoms with Crippen LogP contribution in [-0.2, 0) is 9.53 Å². The van der Waals surface area contributed by atoms with Gasteiger partial charge >= 0.3 is 5.97 Å². The minimum atomic E-state index is -0.129. The topological polar surface area (TPSA) is 26.3 Å². The number of fused-ring (bicyclic) bond motifs is 1. The fraction of sp³-hybridized carbons (Fsp3) is 0.923. The van der Waals surface area contributed by atoms with E-state index in [1.807, 2.05) is 0 Å². The highest BCUT2D eigenvalue weighted by Crippen LogP contribution is 2.35. The minimum absolute atomic E-state index is 0. The third-order valence-corrected chi connectivity index (χ3v) is 4.51. The van der Waals surface area contributed by atoms with Crippen LogP contribution in [0.3, 0.4) is 0 Å². The summed E-state index contributed by atoms with van der Waals surface area (Å²) in [5.41, 5.74) is 0. The van der Waals surface area contributed by atoms with Crippen LogP contribution < -0.4 is 24.0 Å². The van der Waals surface area contributed by atoms with Crippen molar-refractivity contribution in [3.63, 3.8) is 0 Å². The summed E-state index contributed by atoms with van der Waals surface area (Å²) in [6.45, 7) is 4.80. The first-order valence-electron chi connectivity index (χ1n) is 6.59. The van der Waals surface area contributed by atoms with Crippen LogP contribution in [0.25, 0.3) is 0 Å². The Kier molecular flexibility index (Phi) is 5.70. The van der Waals surface area contributed by atoms with Crippen LogP contribution in [0.4, 0.5) is 0 Å². The molecule has 4 heteroatoms. The Labute approximate surface area is 121 Å². The molecule has 2 aliphatic heterocycles. The lowest BCUT2D eigenvalue weighted by atomic mass is 9.82. The second-order valence-corrected chi connectivity index (χ2v) is 5.69. The molecule has 0 aliphatic carbocycles. The van der Waals surface area contributed by atoms with Gasteiger partial charge in [0.05, 0.1) is 32.8 Å². The number of piperidine rings is 2. The second-order valence-electron chi connectivity index (χ2n) is 5.69. The highest BCUT2D eigenvalue weighted by atomic mass is 127. The average molecular weight is 353 g/mol. The number of rotatable bonds is 2. The van der Waals surface area contributed by atoms with Crippen molar-refractivity contribution in [3.05, 3.63) is 0 Å². The van der Waals surface area contributed by atoms with Gasteiger partial charge in [-0.25, -0.2) is 0 Å². The van der Waals surface area contributed by atoms with Gasteiger partial charge in [0.15, 0.2) is 0 Å². The SMILES string of the molecule is CC(=O)OCC1CCC[N+]2(C)CCCCC12.[I-]. The lowest BCUT2D eigenvalue weighted by molar-refractivity contribution is -0.947. The predicted octanol–water partition coefficient (Wildman–Crippen LogP) is -1.04. The van der Waals surface area contributed by atoms with Crippen LogP contribution in [0, 0.1) is 5.92 Å². The van der Waals surface area contributed by atoms with Gasteiger partial charge in [-0.3, -0.25) is 4.79 Å². The molecule has 3 atom stereocenters. The van der Waals surface area contributed by atoms with Crippen molar-refractivity contribution >= 4 is 5.97 Å². The van der Waals surface area contributed by atoms with E-state index in [2.05, 4.69) is 7.05 Å². The Morgan fingerprint density at radius 3 is 2.65 bits per heavy atom. The molecule has 2 saturated heterocycles. The van der Waals surface area contributed by atoms with Crippen LogP contribution in [0.2, 0.25) is 0 Å². The summed E-state index contributed by atoms with van der Waals surface area (Å²) in [4.78, 5) is 10.9. The molecule has 0 radical (unpaired) electrons. The molecule has 3 nitrogen and oxygen atoms in total. The van der Waals surface area contributed by atoms with Gasteiger partial charge < -0.3 is 33.2 Å². The van der Waals surface area contributed by atoms with Crippen LogP contribution in [0.15, 0.2) is 0 Å². The lowest BCUT2D eigenvalue weighted by Gasteiger charge is -2.51. The summed E-state index contributed by atoms with van der Waals surface area (Å²) in [5.74, 6) is 0.471. The number of carbonyl (C=O) groups is 1. The molecule has 0 aromatic rings. The number of hydrogen-bond acceptors (Lipinski definition) is 2. The molecule has 0 aromatic heterocycles. The van der Waals surface area contributed by atoms with E-state index in [0.29, 0.717) is 12.5 Å². The molecular weight excluding hydrogens is 329 g/mol. The van der Waals surface area contributed by atoms with Crippen LogP contribution in [0.1, 0.15) is 39.0 Å². The Morgan fingerprint density at radius 1 is 1.24 bits per heavy atom. The van der Waals surface area contributed by atoms with E-state index >= 15 is 0 Å². The summed E-state index contributed by atoms with van der Waals surface area (Å²) in [6.07, 6.45) is 6.58. The van der Waals surface area contributed by atoms with Gasteiger partial charge in [-0.1, -0.05) is 0 Å². The molecule has 3 unspecified atom stereocenters. The van der Waals surface area contributed by atoms with Gasteiger partial charge in [0.1, 0.15) is 0 Å². The quantitative estimate of drug-likeness (QED) is 0.360. The first-order valence-corrected chi connectivity index (χ1v) is 6.59. The Balaban J connectivity index is 0.00000144. The highest BCUT2D eigenvalue weighted by Gasteiger charge is 2.43. The minimum Gasteiger partial charge on any atom is -1.00 e. The Bertz CT molecular complexity index is 268. The van der Waals surface area contributed by atoms with Crippen molar-refractivity contribution in [3.8, 4) is 0 Å². The number of carbonyl (C=O) groups excluding carboxylic acids is 1. The summed E-state index contributed by atoms with van der Waals surface area (Å²) < 4.78 is 6.45. The van der Waals surface area contributed by atoms with Crippen molar-refractivity contribution in [1.82, 2.24) is 0 Å². The standard InChI is InChI=1S/C13H24NO2.HI/c1-11(15)16-10-12-6-5-9-14(2)8-4-3-7-13(12)14;/h12-13H,3-10H2,1-2H3;1H/q+1;/p-1. The lowest BCUT2D eigenvalue weighted by Crippen LogP contribution is -3.00. The van der Waals surface area contributed by atoms with E-state index < -0.39 is 0 Å². The van der Waals surface area contributed by atoms with E-state index in [0.717, 1.165) is 6.04 Å². The van der Waals surface area contributed by atoms with E-state index in [1.54, 1.807) is 0 Å². The number of esters is 1. The Morgan fingerprint density at radius 2 is 1.94 bits per heavy atom. The fourth-order valence-corrected chi connectivity index (χ4v) is 3.65. The smallest absolute Gasteiger partial charge is 0.302 e. The van der Waals surface area contributed by atoms with Crippen LogP contribution >= 0.6 is 0 Å². The average Bonchev–Trinajstić information content (AvgIpc) is 2.25. The predicted molar refractivity (Wildman–Crippen MR) is 62.9 cm³/mol. The number of ether oxygens (including phenoxy) is 1. The molecule has 2 fully saturated rings. The maximum absolute atomic E-state index is 10.9. The molecular formula is C13H24INO2. The molecule has 0 bridgehead atoms. The summed E-state index contributed by atoms with van der Waals surface area (Å²) in [7, 11) is 2.39. The maximum atomic E-state index is 10.9. The number of nitrogens with zero attached hydrogens (tertiary/aromatic N) is 1. The first-order chi connectivity index (χ1) is 7.62. The molecule has 100 valence electrons. The van der Waals surface area contributed by atoms with E-state index in [1.165, 1.54) is 56.6 Å². The van der Waals surface area contributed by atoms with Gasteiger partial charge in [-0.15, -0.1) is 0 Å². The zero-order valence-corrected chi connectivity index (χ0v) is 13.1. The van der Waals surface area contributed by atoms with Gasteiger partial charge in [0.2, 0.25) is 0 Å². The normalized spacial score (nSPS) is 36.6. The van der Waals surface area contributed by atoms with E-state index in [4.69, 9.17) is 4.74 Å². The molecule has 17 heavy (non-hydrogen) atoms. The third kappa shape index (κ3) is 3.56. The number of halogens is 1. The van der Waals surface area contributed by atoms with Crippen molar-refractivity contribution in [2.45, 2.75) is 45.1 Å². The highest BCUT2D eigenvalue weighted by molar-refractivity contribution is 5.65. The summed E-state index contributed by atoms with van der Waals surface area (Å²) in [5, 5.41) is 0. The van der Waals surface area contributed by atoms with Crippen molar-refractivity contribution < 1.29 is 38.0 Å². The van der Waals surface area contributed by atoms with E-state index in [-0.39, 0.29) is 29.9 Å². The number of quaternary nitrogens is 1. The van der Waals surface area contributed by atoms with Gasteiger partial charge in [0, 0.05) is 19.3 Å². The summed E-state index contributed by atoms with van der Waals surface area (Å²) in [6, 6.07) is 0.738. The second kappa shape index (κ2) is 6.36. The molecule has 0 N–H and O–H groups in total. The molecule has 0 aromatic carbocycles. The molecule has 2 aliphatic rings. The monoisotopic (exact) mass is 353 g/mol. The number of hydrogen-bond donors (Lipinski definition) is 0. The zero-order chi connectivity index (χ0) is 11.6. The largest absolute Gasteiger partial charge is 1.00 e. The van der Waals surface area contributed by atoms with Gasteiger partial charge in [-0.05, 0) is 25.7 Å². The first kappa shape index (κ1) is 15.2. The summed E-state index contributed by atoms with van der Waals surface area (Å²) >= 11 is 0. The van der Waals surface area contributed by atoms with Gasteiger partial charge in [-0.2, -0.15) is 0 Å². The van der Waals surface area contributed by atoms with Crippen molar-refractivity contribution in [2.24, 2.45) is 5.92 Å². The molecule has 2 rings (SSSR count). The molecule has 0 saturated carbocycles. The molecule has 0 amide bonds. The van der Waals surface area contributed by atoms with Crippen molar-refractivity contribution in [2.75, 3.05) is 26.7 Å². The van der Waals surface area contributed by atoms with Gasteiger partial charge in [0.25, 0.3) is 0 Å². The third-order valence-electron chi connectivity index (χ3n) is 4.51. The zero-order valence-electron chi connectivity index (χ0n) is 11.0. The Hall–Kier alpha value is 0.160. The molecule has 0 spiro atoms. The van der Waals surface area contributed by atoms with Crippen LogP contribution in [-0.4, -0.2) is 43.2 Å².